The number of carbonyl (C=O) groups excluding carboxylic acids is 1. The quantitative estimate of drug-likeness (QED) is 0.712. The number of carbonyl (C=O) groups is 1. The molecule has 3 aliphatic carbocycles. The van der Waals surface area contributed by atoms with Crippen LogP contribution >= 0.6 is 0 Å². The third kappa shape index (κ3) is 2.52. The smallest absolute Gasteiger partial charge is 0.302 e. The summed E-state index contributed by atoms with van der Waals surface area (Å²) < 4.78 is 12.3. The summed E-state index contributed by atoms with van der Waals surface area (Å²) in [6, 6.07) is 0. The second-order valence-corrected chi connectivity index (χ2v) is 11.5. The molecule has 1 N–H and O–H groups in total. The molecule has 3 saturated carbocycles. The molecule has 10 atom stereocenters. The van der Waals surface area contributed by atoms with Gasteiger partial charge in [-0.25, -0.2) is 0 Å². The van der Waals surface area contributed by atoms with Gasteiger partial charge in [-0.2, -0.15) is 0 Å². The fourth-order valence-corrected chi connectivity index (χ4v) is 9.19. The Hall–Kier alpha value is -0.610. The number of esters is 1. The number of ether oxygens (including phenoxy) is 2. The largest absolute Gasteiger partial charge is 0.462 e. The summed E-state index contributed by atoms with van der Waals surface area (Å²) in [4.78, 5) is 11.8. The van der Waals surface area contributed by atoms with Crippen LogP contribution in [0.3, 0.4) is 0 Å². The van der Waals surface area contributed by atoms with E-state index >= 15 is 0 Å². The molecule has 2 aliphatic heterocycles. The highest BCUT2D eigenvalue weighted by Gasteiger charge is 2.65. The lowest BCUT2D eigenvalue weighted by Gasteiger charge is -2.61. The van der Waals surface area contributed by atoms with Crippen LogP contribution in [0, 0.1) is 46.3 Å². The molecule has 2 saturated heterocycles. The minimum Gasteiger partial charge on any atom is -0.462 e. The zero-order valence-electron chi connectivity index (χ0n) is 18.4. The number of fused-ring (bicyclic) bond motifs is 8. The van der Waals surface area contributed by atoms with E-state index in [-0.39, 0.29) is 12.1 Å². The summed E-state index contributed by atoms with van der Waals surface area (Å²) in [5, 5.41) is 3.62. The van der Waals surface area contributed by atoms with Gasteiger partial charge < -0.3 is 9.47 Å². The van der Waals surface area contributed by atoms with Gasteiger partial charge in [0.25, 0.3) is 0 Å². The van der Waals surface area contributed by atoms with E-state index in [1.54, 1.807) is 6.92 Å². The van der Waals surface area contributed by atoms with Crippen molar-refractivity contribution >= 4 is 5.97 Å². The van der Waals surface area contributed by atoms with Gasteiger partial charge in [-0.05, 0) is 73.5 Å². The molecule has 0 radical (unpaired) electrons. The molecule has 2 heterocycles. The van der Waals surface area contributed by atoms with E-state index in [9.17, 15) is 4.79 Å². The van der Waals surface area contributed by atoms with E-state index in [4.69, 9.17) is 9.47 Å². The molecule has 4 heteroatoms. The van der Waals surface area contributed by atoms with E-state index in [1.165, 1.54) is 32.1 Å². The van der Waals surface area contributed by atoms with Crippen molar-refractivity contribution in [3.05, 3.63) is 0 Å². The number of rotatable bonds is 2. The van der Waals surface area contributed by atoms with Crippen LogP contribution in [-0.2, 0) is 14.3 Å². The first-order valence-corrected chi connectivity index (χ1v) is 11.8. The molecule has 1 unspecified atom stereocenters. The van der Waals surface area contributed by atoms with Gasteiger partial charge in [-0.3, -0.25) is 10.1 Å². The van der Waals surface area contributed by atoms with Crippen molar-refractivity contribution in [2.24, 2.45) is 46.3 Å². The fourth-order valence-electron chi connectivity index (χ4n) is 9.19. The Morgan fingerprint density at radius 1 is 1.14 bits per heavy atom. The van der Waals surface area contributed by atoms with Gasteiger partial charge in [0.05, 0.1) is 6.10 Å². The molecule has 2 bridgehead atoms. The minimum absolute atomic E-state index is 0.103. The molecule has 28 heavy (non-hydrogen) atoms. The zero-order chi connectivity index (χ0) is 19.8. The van der Waals surface area contributed by atoms with E-state index in [2.05, 4.69) is 33.0 Å². The molecule has 0 spiro atoms. The average Bonchev–Trinajstić information content (AvgIpc) is 3.15. The molecule has 5 rings (SSSR count). The Bertz CT molecular complexity index is 650. The number of hydrogen-bond donors (Lipinski definition) is 1. The van der Waals surface area contributed by atoms with Gasteiger partial charge >= 0.3 is 5.97 Å². The third-order valence-corrected chi connectivity index (χ3v) is 10.1. The number of nitrogens with one attached hydrogen (secondary N) is 1. The van der Waals surface area contributed by atoms with Crippen LogP contribution in [0.15, 0.2) is 0 Å². The lowest BCUT2D eigenvalue weighted by Crippen LogP contribution is -2.58. The van der Waals surface area contributed by atoms with E-state index < -0.39 is 0 Å². The highest BCUT2D eigenvalue weighted by Crippen LogP contribution is 2.68. The van der Waals surface area contributed by atoms with Crippen molar-refractivity contribution in [2.75, 3.05) is 6.54 Å². The van der Waals surface area contributed by atoms with Crippen LogP contribution in [0.5, 0.6) is 0 Å². The molecule has 5 fully saturated rings. The molecule has 0 aromatic heterocycles. The summed E-state index contributed by atoms with van der Waals surface area (Å²) in [5.74, 6) is 3.97. The van der Waals surface area contributed by atoms with Crippen LogP contribution in [0.1, 0.15) is 73.1 Å². The van der Waals surface area contributed by atoms with E-state index in [0.29, 0.717) is 40.9 Å². The zero-order valence-corrected chi connectivity index (χ0v) is 18.4. The van der Waals surface area contributed by atoms with Crippen LogP contribution in [0.2, 0.25) is 0 Å². The summed E-state index contributed by atoms with van der Waals surface area (Å²) in [6.07, 6.45) is 8.40. The van der Waals surface area contributed by atoms with Crippen LogP contribution in [0.4, 0.5) is 0 Å². The average molecular weight is 390 g/mol. The second-order valence-electron chi connectivity index (χ2n) is 11.5. The summed E-state index contributed by atoms with van der Waals surface area (Å²) in [5.41, 5.74) is 0.627. The standard InChI is InChI=1S/C24H39NO3/c1-13(2)22-19(27-14(3)26)11-18-16-7-6-15-10-21-25-12-20(28-21)24(15,5)17(16)8-9-23(18,22)4/h13,15-22,25H,6-12H2,1-5H3/t15-,16-,17+,18+,19+,20+,21+,22?,23+,24+/m1/s1. The van der Waals surface area contributed by atoms with Crippen molar-refractivity contribution < 1.29 is 14.3 Å². The van der Waals surface area contributed by atoms with Crippen LogP contribution in [-0.4, -0.2) is 30.9 Å². The van der Waals surface area contributed by atoms with Crippen molar-refractivity contribution in [2.45, 2.75) is 91.6 Å². The number of hydrogen-bond acceptors (Lipinski definition) is 4. The topological polar surface area (TPSA) is 47.6 Å². The predicted molar refractivity (Wildman–Crippen MR) is 108 cm³/mol. The summed E-state index contributed by atoms with van der Waals surface area (Å²) in [6.45, 7) is 12.4. The first-order chi connectivity index (χ1) is 13.2. The van der Waals surface area contributed by atoms with E-state index in [0.717, 1.165) is 30.7 Å². The first-order valence-electron chi connectivity index (χ1n) is 11.8. The Morgan fingerprint density at radius 3 is 2.64 bits per heavy atom. The third-order valence-electron chi connectivity index (χ3n) is 10.1. The van der Waals surface area contributed by atoms with E-state index in [1.807, 2.05) is 0 Å². The fraction of sp³-hybridized carbons (Fsp3) is 0.958. The normalized spacial score (nSPS) is 54.8. The lowest BCUT2D eigenvalue weighted by molar-refractivity contribution is -0.194. The first kappa shape index (κ1) is 19.4. The molecule has 5 aliphatic rings. The second kappa shape index (κ2) is 6.44. The maximum Gasteiger partial charge on any atom is 0.302 e. The van der Waals surface area contributed by atoms with Gasteiger partial charge in [0, 0.05) is 24.8 Å². The van der Waals surface area contributed by atoms with Gasteiger partial charge in [-0.1, -0.05) is 27.7 Å². The van der Waals surface area contributed by atoms with Gasteiger partial charge in [0.2, 0.25) is 0 Å². The Balaban J connectivity index is 1.47. The molecular weight excluding hydrogens is 350 g/mol. The van der Waals surface area contributed by atoms with Crippen molar-refractivity contribution in [1.82, 2.24) is 5.32 Å². The van der Waals surface area contributed by atoms with Crippen molar-refractivity contribution in [3.8, 4) is 0 Å². The molecule has 0 amide bonds. The Morgan fingerprint density at radius 2 is 1.93 bits per heavy atom. The monoisotopic (exact) mass is 389 g/mol. The molecule has 0 aromatic rings. The summed E-state index contributed by atoms with van der Waals surface area (Å²) in [7, 11) is 0. The highest BCUT2D eigenvalue weighted by atomic mass is 16.5. The Labute approximate surface area is 170 Å². The van der Waals surface area contributed by atoms with Gasteiger partial charge in [0.15, 0.2) is 0 Å². The Kier molecular flexibility index (Phi) is 4.45. The van der Waals surface area contributed by atoms with Crippen molar-refractivity contribution in [3.63, 3.8) is 0 Å². The van der Waals surface area contributed by atoms with Crippen molar-refractivity contribution in [1.29, 1.82) is 0 Å². The molecule has 158 valence electrons. The molecular formula is C24H39NO3. The predicted octanol–water partition coefficient (Wildman–Crippen LogP) is 4.38. The molecule has 4 nitrogen and oxygen atoms in total. The maximum atomic E-state index is 11.8. The van der Waals surface area contributed by atoms with Gasteiger partial charge in [0.1, 0.15) is 12.3 Å². The molecule has 0 aromatic carbocycles. The van der Waals surface area contributed by atoms with Crippen LogP contribution < -0.4 is 5.32 Å². The van der Waals surface area contributed by atoms with Crippen LogP contribution in [0.25, 0.3) is 0 Å². The lowest BCUT2D eigenvalue weighted by atomic mass is 9.45. The maximum absolute atomic E-state index is 11.8. The van der Waals surface area contributed by atoms with Gasteiger partial charge in [-0.15, -0.1) is 0 Å². The SMILES string of the molecule is CC(=O)O[C@H]1C[C@H]2[C@@H]3CC[C@@H]4C[C@H]5NC[C@H](O5)[C@]4(C)[C@H]3CC[C@]2(C)C1C(C)C. The highest BCUT2D eigenvalue weighted by molar-refractivity contribution is 5.66. The minimum atomic E-state index is -0.103. The summed E-state index contributed by atoms with van der Waals surface area (Å²) >= 11 is 0.